The first kappa shape index (κ1) is 10.6. The molecule has 0 N–H and O–H groups in total. The van der Waals surface area contributed by atoms with Crippen LogP contribution in [0.5, 0.6) is 0 Å². The molecule has 3 heteroatoms. The second-order valence-corrected chi connectivity index (χ2v) is 5.68. The topological polar surface area (TPSA) is 17.1 Å². The average Bonchev–Trinajstić information content (AvgIpc) is 2.59. The van der Waals surface area contributed by atoms with Crippen LogP contribution in [0.2, 0.25) is 0 Å². The van der Waals surface area contributed by atoms with Crippen molar-refractivity contribution in [2.24, 2.45) is 0 Å². The fourth-order valence-electron chi connectivity index (χ4n) is 1.33. The fourth-order valence-corrected chi connectivity index (χ4v) is 2.87. The number of aryl methyl sites for hydroxylation is 1. The lowest BCUT2D eigenvalue weighted by atomic mass is 10.1. The van der Waals surface area contributed by atoms with Crippen LogP contribution in [0.15, 0.2) is 34.1 Å². The highest BCUT2D eigenvalue weighted by Gasteiger charge is 2.04. The van der Waals surface area contributed by atoms with E-state index >= 15 is 0 Å². The molecule has 0 amide bonds. The largest absolute Gasteiger partial charge is 0.298 e. The minimum Gasteiger partial charge on any atom is -0.298 e. The maximum Gasteiger partial charge on any atom is 0.150 e. The van der Waals surface area contributed by atoms with E-state index in [4.69, 9.17) is 0 Å². The Bertz CT molecular complexity index is 465. The number of rotatable bonds is 2. The molecule has 0 unspecified atom stereocenters. The molecule has 0 aliphatic carbocycles. The van der Waals surface area contributed by atoms with E-state index in [2.05, 4.69) is 28.9 Å². The van der Waals surface area contributed by atoms with Crippen LogP contribution in [-0.2, 0) is 0 Å². The number of carbonyl (C=O) groups is 1. The standard InChI is InChI=1S/C12H9BrOS/c1-8-6-11(15-12(8)13)10-4-2-9(7-14)3-5-10/h2-7H,1H3. The zero-order valence-corrected chi connectivity index (χ0v) is 10.6. The van der Waals surface area contributed by atoms with Crippen LogP contribution in [0.25, 0.3) is 10.4 Å². The molecular formula is C12H9BrOS. The number of benzene rings is 1. The lowest BCUT2D eigenvalue weighted by Crippen LogP contribution is -1.78. The van der Waals surface area contributed by atoms with Gasteiger partial charge in [0, 0.05) is 10.4 Å². The predicted octanol–water partition coefficient (Wildman–Crippen LogP) is 4.30. The minimum atomic E-state index is 0.714. The number of hydrogen-bond acceptors (Lipinski definition) is 2. The molecule has 0 saturated heterocycles. The first-order chi connectivity index (χ1) is 7.20. The molecule has 1 aromatic carbocycles. The Morgan fingerprint density at radius 1 is 1.27 bits per heavy atom. The van der Waals surface area contributed by atoms with Crippen LogP contribution >= 0.6 is 27.3 Å². The van der Waals surface area contributed by atoms with Gasteiger partial charge in [0.2, 0.25) is 0 Å². The van der Waals surface area contributed by atoms with Crippen molar-refractivity contribution < 1.29 is 4.79 Å². The molecule has 0 saturated carbocycles. The molecule has 2 rings (SSSR count). The lowest BCUT2D eigenvalue weighted by Gasteiger charge is -1.96. The summed E-state index contributed by atoms with van der Waals surface area (Å²) in [5, 5.41) is 0. The maximum atomic E-state index is 10.5. The minimum absolute atomic E-state index is 0.714. The van der Waals surface area contributed by atoms with Gasteiger partial charge in [0.25, 0.3) is 0 Å². The summed E-state index contributed by atoms with van der Waals surface area (Å²) in [5.74, 6) is 0. The van der Waals surface area contributed by atoms with Crippen LogP contribution in [0.4, 0.5) is 0 Å². The van der Waals surface area contributed by atoms with Crippen molar-refractivity contribution in [3.8, 4) is 10.4 Å². The summed E-state index contributed by atoms with van der Waals surface area (Å²) >= 11 is 5.21. The third-order valence-electron chi connectivity index (χ3n) is 2.19. The van der Waals surface area contributed by atoms with Gasteiger partial charge in [-0.15, -0.1) is 11.3 Å². The van der Waals surface area contributed by atoms with Crippen LogP contribution < -0.4 is 0 Å². The molecule has 0 bridgehead atoms. The first-order valence-corrected chi connectivity index (χ1v) is 6.13. The Morgan fingerprint density at radius 2 is 1.93 bits per heavy atom. The lowest BCUT2D eigenvalue weighted by molar-refractivity contribution is 0.112. The van der Waals surface area contributed by atoms with Gasteiger partial charge in [0.05, 0.1) is 3.79 Å². The molecule has 0 aliphatic heterocycles. The number of halogens is 1. The third kappa shape index (κ3) is 2.19. The molecule has 0 atom stereocenters. The van der Waals surface area contributed by atoms with E-state index in [1.807, 2.05) is 24.3 Å². The van der Waals surface area contributed by atoms with Gasteiger partial charge in [-0.05, 0) is 40.0 Å². The second-order valence-electron chi connectivity index (χ2n) is 3.31. The summed E-state index contributed by atoms with van der Waals surface area (Å²) < 4.78 is 1.16. The summed E-state index contributed by atoms with van der Waals surface area (Å²) in [4.78, 5) is 11.7. The fraction of sp³-hybridized carbons (Fsp3) is 0.0833. The molecule has 1 nitrogen and oxygen atoms in total. The molecule has 76 valence electrons. The van der Waals surface area contributed by atoms with Crippen LogP contribution in [0.3, 0.4) is 0 Å². The normalized spacial score (nSPS) is 10.3. The van der Waals surface area contributed by atoms with E-state index in [1.165, 1.54) is 10.4 Å². The van der Waals surface area contributed by atoms with Gasteiger partial charge in [-0.25, -0.2) is 0 Å². The molecular weight excluding hydrogens is 272 g/mol. The van der Waals surface area contributed by atoms with Gasteiger partial charge in [-0.2, -0.15) is 0 Å². The molecule has 15 heavy (non-hydrogen) atoms. The average molecular weight is 281 g/mol. The second kappa shape index (κ2) is 4.29. The van der Waals surface area contributed by atoms with Gasteiger partial charge in [-0.1, -0.05) is 24.3 Å². The Morgan fingerprint density at radius 3 is 2.40 bits per heavy atom. The first-order valence-electron chi connectivity index (χ1n) is 4.52. The van der Waals surface area contributed by atoms with Crippen molar-refractivity contribution in [2.75, 3.05) is 0 Å². The Labute approximate surface area is 101 Å². The van der Waals surface area contributed by atoms with Crippen molar-refractivity contribution in [1.82, 2.24) is 0 Å². The van der Waals surface area contributed by atoms with Crippen molar-refractivity contribution in [3.05, 3.63) is 45.2 Å². The van der Waals surface area contributed by atoms with E-state index in [0.717, 1.165) is 15.6 Å². The highest BCUT2D eigenvalue weighted by molar-refractivity contribution is 9.11. The van der Waals surface area contributed by atoms with Gasteiger partial charge >= 0.3 is 0 Å². The van der Waals surface area contributed by atoms with E-state index in [0.29, 0.717) is 5.56 Å². The molecule has 0 spiro atoms. The van der Waals surface area contributed by atoms with E-state index in [1.54, 1.807) is 11.3 Å². The quantitative estimate of drug-likeness (QED) is 0.750. The summed E-state index contributed by atoms with van der Waals surface area (Å²) in [7, 11) is 0. The Kier molecular flexibility index (Phi) is 3.03. The van der Waals surface area contributed by atoms with Crippen LogP contribution in [0, 0.1) is 6.92 Å². The number of thiophene rings is 1. The summed E-state index contributed by atoms with van der Waals surface area (Å²) in [5.41, 5.74) is 3.11. The van der Waals surface area contributed by atoms with E-state index < -0.39 is 0 Å². The zero-order valence-electron chi connectivity index (χ0n) is 8.16. The van der Waals surface area contributed by atoms with Gasteiger partial charge in [-0.3, -0.25) is 4.79 Å². The van der Waals surface area contributed by atoms with Crippen molar-refractivity contribution in [1.29, 1.82) is 0 Å². The Hall–Kier alpha value is -0.930. The number of hydrogen-bond donors (Lipinski definition) is 0. The Balaban J connectivity index is 2.41. The van der Waals surface area contributed by atoms with Crippen molar-refractivity contribution >= 4 is 33.6 Å². The van der Waals surface area contributed by atoms with Gasteiger partial charge < -0.3 is 0 Å². The smallest absolute Gasteiger partial charge is 0.150 e. The highest BCUT2D eigenvalue weighted by atomic mass is 79.9. The molecule has 0 fully saturated rings. The molecule has 0 radical (unpaired) electrons. The highest BCUT2D eigenvalue weighted by Crippen LogP contribution is 2.34. The molecule has 2 aromatic rings. The SMILES string of the molecule is Cc1cc(-c2ccc(C=O)cc2)sc1Br. The molecule has 1 heterocycles. The molecule has 1 aromatic heterocycles. The van der Waals surface area contributed by atoms with Crippen molar-refractivity contribution in [3.63, 3.8) is 0 Å². The summed E-state index contributed by atoms with van der Waals surface area (Å²) in [6, 6.07) is 9.77. The third-order valence-corrected chi connectivity index (χ3v) is 4.37. The van der Waals surface area contributed by atoms with E-state index in [-0.39, 0.29) is 0 Å². The van der Waals surface area contributed by atoms with Crippen LogP contribution in [0.1, 0.15) is 15.9 Å². The van der Waals surface area contributed by atoms with Crippen LogP contribution in [-0.4, -0.2) is 6.29 Å². The van der Waals surface area contributed by atoms with Gasteiger partial charge in [0.15, 0.2) is 0 Å². The number of aldehydes is 1. The predicted molar refractivity (Wildman–Crippen MR) is 67.6 cm³/mol. The summed E-state index contributed by atoms with van der Waals surface area (Å²) in [6.45, 7) is 2.07. The monoisotopic (exact) mass is 280 g/mol. The maximum absolute atomic E-state index is 10.5. The van der Waals surface area contributed by atoms with E-state index in [9.17, 15) is 4.79 Å². The number of carbonyl (C=O) groups excluding carboxylic acids is 1. The van der Waals surface area contributed by atoms with Gasteiger partial charge in [0.1, 0.15) is 6.29 Å². The molecule has 0 aliphatic rings. The van der Waals surface area contributed by atoms with Crippen molar-refractivity contribution in [2.45, 2.75) is 6.92 Å². The zero-order chi connectivity index (χ0) is 10.8. The summed E-state index contributed by atoms with van der Waals surface area (Å²) in [6.07, 6.45) is 0.860.